The van der Waals surface area contributed by atoms with Gasteiger partial charge in [-0.05, 0) is 25.1 Å². The number of thiazole rings is 1. The molecule has 0 bridgehead atoms. The number of nitrogens with one attached hydrogen (secondary N) is 1. The largest absolute Gasteiger partial charge is 0.482 e. The molecule has 1 aromatic heterocycles. The molecule has 0 spiro atoms. The summed E-state index contributed by atoms with van der Waals surface area (Å²) in [4.78, 5) is 38.9. The van der Waals surface area contributed by atoms with Gasteiger partial charge in [-0.2, -0.15) is 0 Å². The third-order valence-electron chi connectivity index (χ3n) is 2.95. The maximum atomic E-state index is 11.8. The predicted octanol–water partition coefficient (Wildman–Crippen LogP) is 2.46. The van der Waals surface area contributed by atoms with Gasteiger partial charge in [-0.15, -0.1) is 11.3 Å². The van der Waals surface area contributed by atoms with Crippen LogP contribution in [0.1, 0.15) is 12.6 Å². The first kappa shape index (κ1) is 20.7. The quantitative estimate of drug-likeness (QED) is 0.631. The number of carbonyl (C=O) groups is 3. The highest BCUT2D eigenvalue weighted by molar-refractivity contribution is 7.13. The Hall–Kier alpha value is -2.65. The lowest BCUT2D eigenvalue weighted by Crippen LogP contribution is -2.23. The van der Waals surface area contributed by atoms with Crippen LogP contribution < -0.4 is 10.1 Å². The molecule has 0 radical (unpaired) electrons. The van der Waals surface area contributed by atoms with Crippen LogP contribution in [0.4, 0.5) is 5.13 Å². The topological polar surface area (TPSA) is 104 Å². The Kier molecular flexibility index (Phi) is 8.02. The van der Waals surface area contributed by atoms with Crippen molar-refractivity contribution in [3.63, 3.8) is 0 Å². The van der Waals surface area contributed by atoms with E-state index in [-0.39, 0.29) is 13.0 Å². The molecule has 0 atom stereocenters. The number of ether oxygens (including phenoxy) is 3. The number of amides is 1. The number of hydrogen-bond donors (Lipinski definition) is 1. The molecular formula is C17H17ClN2O6S. The molecule has 1 heterocycles. The van der Waals surface area contributed by atoms with E-state index in [0.29, 0.717) is 28.2 Å². The summed E-state index contributed by atoms with van der Waals surface area (Å²) < 4.78 is 14.9. The van der Waals surface area contributed by atoms with Gasteiger partial charge in [0.15, 0.2) is 18.3 Å². The van der Waals surface area contributed by atoms with Crippen molar-refractivity contribution in [3.8, 4) is 5.75 Å². The Morgan fingerprint density at radius 3 is 2.74 bits per heavy atom. The van der Waals surface area contributed by atoms with Gasteiger partial charge >= 0.3 is 11.9 Å². The van der Waals surface area contributed by atoms with Crippen LogP contribution in [-0.2, 0) is 30.3 Å². The van der Waals surface area contributed by atoms with Crippen LogP contribution in [0, 0.1) is 0 Å². The number of esters is 2. The van der Waals surface area contributed by atoms with Crippen molar-refractivity contribution in [1.82, 2.24) is 4.98 Å². The second-order valence-corrected chi connectivity index (χ2v) is 6.38. The highest BCUT2D eigenvalue weighted by atomic mass is 35.5. The molecule has 0 saturated carbocycles. The van der Waals surface area contributed by atoms with Crippen molar-refractivity contribution in [2.75, 3.05) is 25.1 Å². The Morgan fingerprint density at radius 1 is 1.19 bits per heavy atom. The molecule has 0 unspecified atom stereocenters. The standard InChI is InChI=1S/C17H17ClN2O6S/c1-2-24-15(22)7-12-10-27-17(19-12)20-14(21)8-26-16(23)9-25-13-5-3-4-11(18)6-13/h3-6,10H,2,7-9H2,1H3,(H,19,20,21). The Bertz CT molecular complexity index is 810. The Morgan fingerprint density at radius 2 is 2.00 bits per heavy atom. The number of hydrogen-bond acceptors (Lipinski definition) is 8. The van der Waals surface area contributed by atoms with Crippen molar-refractivity contribution >= 4 is 45.9 Å². The van der Waals surface area contributed by atoms with Crippen molar-refractivity contribution in [3.05, 3.63) is 40.4 Å². The summed E-state index contributed by atoms with van der Waals surface area (Å²) in [6.07, 6.45) is 0.0238. The summed E-state index contributed by atoms with van der Waals surface area (Å²) in [6, 6.07) is 6.55. The molecular weight excluding hydrogens is 396 g/mol. The van der Waals surface area contributed by atoms with E-state index in [4.69, 9.17) is 25.8 Å². The molecule has 0 aliphatic rings. The fraction of sp³-hybridized carbons (Fsp3) is 0.294. The zero-order valence-corrected chi connectivity index (χ0v) is 16.0. The molecule has 1 aromatic carbocycles. The van der Waals surface area contributed by atoms with Gasteiger partial charge in [0, 0.05) is 10.4 Å². The molecule has 0 aliphatic heterocycles. The highest BCUT2D eigenvalue weighted by Gasteiger charge is 2.12. The van der Waals surface area contributed by atoms with E-state index in [9.17, 15) is 14.4 Å². The van der Waals surface area contributed by atoms with Crippen molar-refractivity contribution in [1.29, 1.82) is 0 Å². The zero-order chi connectivity index (χ0) is 19.6. The maximum absolute atomic E-state index is 11.8. The minimum Gasteiger partial charge on any atom is -0.482 e. The second-order valence-electron chi connectivity index (χ2n) is 5.08. The molecule has 0 aliphatic carbocycles. The summed E-state index contributed by atoms with van der Waals surface area (Å²) in [5.41, 5.74) is 0.487. The van der Waals surface area contributed by atoms with Crippen LogP contribution in [0.5, 0.6) is 5.75 Å². The summed E-state index contributed by atoms with van der Waals surface area (Å²) in [5, 5.41) is 4.90. The molecule has 27 heavy (non-hydrogen) atoms. The third kappa shape index (κ3) is 7.63. The predicted molar refractivity (Wildman–Crippen MR) is 99.0 cm³/mol. The number of halogens is 1. The van der Waals surface area contributed by atoms with Gasteiger partial charge in [-0.3, -0.25) is 14.9 Å². The average Bonchev–Trinajstić information content (AvgIpc) is 3.05. The van der Waals surface area contributed by atoms with Gasteiger partial charge in [0.05, 0.1) is 18.7 Å². The molecule has 1 N–H and O–H groups in total. The molecule has 2 aromatic rings. The van der Waals surface area contributed by atoms with E-state index in [1.165, 1.54) is 0 Å². The van der Waals surface area contributed by atoms with E-state index >= 15 is 0 Å². The smallest absolute Gasteiger partial charge is 0.344 e. The SMILES string of the molecule is CCOC(=O)Cc1csc(NC(=O)COC(=O)COc2cccc(Cl)c2)n1. The van der Waals surface area contributed by atoms with Gasteiger partial charge in [0.1, 0.15) is 5.75 Å². The number of aromatic nitrogens is 1. The molecule has 8 nitrogen and oxygen atoms in total. The molecule has 2 rings (SSSR count). The van der Waals surface area contributed by atoms with Crippen LogP contribution in [0.15, 0.2) is 29.6 Å². The molecule has 10 heteroatoms. The minimum atomic E-state index is -0.702. The monoisotopic (exact) mass is 412 g/mol. The first-order valence-electron chi connectivity index (χ1n) is 7.90. The van der Waals surface area contributed by atoms with Crippen molar-refractivity contribution in [2.45, 2.75) is 13.3 Å². The van der Waals surface area contributed by atoms with Crippen LogP contribution in [0.2, 0.25) is 5.02 Å². The lowest BCUT2D eigenvalue weighted by Gasteiger charge is -2.07. The van der Waals surface area contributed by atoms with E-state index in [2.05, 4.69) is 10.3 Å². The van der Waals surface area contributed by atoms with Gasteiger partial charge in [0.2, 0.25) is 0 Å². The van der Waals surface area contributed by atoms with E-state index in [0.717, 1.165) is 11.3 Å². The van der Waals surface area contributed by atoms with E-state index in [1.54, 1.807) is 36.6 Å². The number of anilines is 1. The molecule has 0 fully saturated rings. The number of rotatable bonds is 9. The summed E-state index contributed by atoms with van der Waals surface area (Å²) in [7, 11) is 0. The second kappa shape index (κ2) is 10.5. The Labute approximate surface area is 164 Å². The fourth-order valence-electron chi connectivity index (χ4n) is 1.85. The summed E-state index contributed by atoms with van der Waals surface area (Å²) >= 11 is 6.96. The minimum absolute atomic E-state index is 0.0238. The van der Waals surface area contributed by atoms with Gasteiger partial charge in [0.25, 0.3) is 5.91 Å². The summed E-state index contributed by atoms with van der Waals surface area (Å²) in [6.45, 7) is 1.17. The fourth-order valence-corrected chi connectivity index (χ4v) is 2.75. The number of nitrogens with zero attached hydrogens (tertiary/aromatic N) is 1. The van der Waals surface area contributed by atoms with Gasteiger partial charge in [-0.1, -0.05) is 17.7 Å². The first-order chi connectivity index (χ1) is 13.0. The first-order valence-corrected chi connectivity index (χ1v) is 9.16. The lowest BCUT2D eigenvalue weighted by molar-refractivity contribution is -0.149. The van der Waals surface area contributed by atoms with Crippen molar-refractivity contribution in [2.24, 2.45) is 0 Å². The Balaban J connectivity index is 1.70. The van der Waals surface area contributed by atoms with Crippen LogP contribution in [0.3, 0.4) is 0 Å². The van der Waals surface area contributed by atoms with Gasteiger partial charge < -0.3 is 14.2 Å². The van der Waals surface area contributed by atoms with Crippen LogP contribution >= 0.6 is 22.9 Å². The molecule has 1 amide bonds. The van der Waals surface area contributed by atoms with Gasteiger partial charge in [-0.25, -0.2) is 9.78 Å². The normalized spacial score (nSPS) is 10.1. The van der Waals surface area contributed by atoms with Crippen molar-refractivity contribution < 1.29 is 28.6 Å². The van der Waals surface area contributed by atoms with E-state index < -0.39 is 24.5 Å². The number of carbonyl (C=O) groups excluding carboxylic acids is 3. The molecule has 144 valence electrons. The molecule has 0 saturated heterocycles. The lowest BCUT2D eigenvalue weighted by atomic mass is 10.3. The maximum Gasteiger partial charge on any atom is 0.344 e. The third-order valence-corrected chi connectivity index (χ3v) is 3.99. The van der Waals surface area contributed by atoms with E-state index in [1.807, 2.05) is 0 Å². The summed E-state index contributed by atoms with van der Waals surface area (Å²) in [5.74, 6) is -1.23. The number of benzene rings is 1. The van der Waals surface area contributed by atoms with Crippen LogP contribution in [-0.4, -0.2) is 42.7 Å². The highest BCUT2D eigenvalue weighted by Crippen LogP contribution is 2.17. The zero-order valence-electron chi connectivity index (χ0n) is 14.4. The van der Waals surface area contributed by atoms with Crippen LogP contribution in [0.25, 0.3) is 0 Å². The average molecular weight is 413 g/mol.